The Morgan fingerprint density at radius 1 is 0.952 bits per heavy atom. The molecular formula is C16H19F2N3. The SMILES string of the molecule is CCCNc1cc(-c2cc(F)cc(F)c2)nc(CCC)n1. The highest BCUT2D eigenvalue weighted by molar-refractivity contribution is 5.62. The first-order valence-corrected chi connectivity index (χ1v) is 7.20. The summed E-state index contributed by atoms with van der Waals surface area (Å²) in [5, 5.41) is 3.19. The second kappa shape index (κ2) is 7.11. The van der Waals surface area contributed by atoms with Gasteiger partial charge in [-0.05, 0) is 25.0 Å². The van der Waals surface area contributed by atoms with Gasteiger partial charge in [-0.25, -0.2) is 18.7 Å². The van der Waals surface area contributed by atoms with E-state index in [1.165, 1.54) is 12.1 Å². The molecule has 0 aliphatic carbocycles. The fourth-order valence-electron chi connectivity index (χ4n) is 2.03. The summed E-state index contributed by atoms with van der Waals surface area (Å²) in [6.07, 6.45) is 2.61. The van der Waals surface area contributed by atoms with Crippen LogP contribution >= 0.6 is 0 Å². The maximum atomic E-state index is 13.4. The normalized spacial score (nSPS) is 10.7. The summed E-state index contributed by atoms with van der Waals surface area (Å²) in [6.45, 7) is 4.89. The third kappa shape index (κ3) is 4.21. The van der Waals surface area contributed by atoms with Crippen molar-refractivity contribution in [1.82, 2.24) is 9.97 Å². The molecule has 0 bridgehead atoms. The van der Waals surface area contributed by atoms with Crippen molar-refractivity contribution in [3.05, 3.63) is 41.7 Å². The summed E-state index contributed by atoms with van der Waals surface area (Å²) in [6, 6.07) is 5.15. The lowest BCUT2D eigenvalue weighted by Crippen LogP contribution is -2.06. The summed E-state index contributed by atoms with van der Waals surface area (Å²) in [5.41, 5.74) is 0.956. The topological polar surface area (TPSA) is 37.8 Å². The summed E-state index contributed by atoms with van der Waals surface area (Å²) in [5.74, 6) is 0.153. The monoisotopic (exact) mass is 291 g/mol. The molecule has 1 aromatic carbocycles. The van der Waals surface area contributed by atoms with E-state index in [1.807, 2.05) is 6.92 Å². The van der Waals surface area contributed by atoms with E-state index < -0.39 is 11.6 Å². The maximum absolute atomic E-state index is 13.4. The Balaban J connectivity index is 2.42. The molecule has 21 heavy (non-hydrogen) atoms. The van der Waals surface area contributed by atoms with E-state index in [2.05, 4.69) is 22.2 Å². The highest BCUT2D eigenvalue weighted by Crippen LogP contribution is 2.22. The molecule has 112 valence electrons. The number of hydrogen-bond donors (Lipinski definition) is 1. The van der Waals surface area contributed by atoms with E-state index in [1.54, 1.807) is 6.07 Å². The lowest BCUT2D eigenvalue weighted by atomic mass is 10.1. The Kier molecular flexibility index (Phi) is 5.20. The quantitative estimate of drug-likeness (QED) is 0.867. The van der Waals surface area contributed by atoms with Crippen molar-refractivity contribution in [2.24, 2.45) is 0 Å². The van der Waals surface area contributed by atoms with Crippen molar-refractivity contribution >= 4 is 5.82 Å². The number of nitrogens with one attached hydrogen (secondary N) is 1. The van der Waals surface area contributed by atoms with Crippen molar-refractivity contribution in [2.75, 3.05) is 11.9 Å². The highest BCUT2D eigenvalue weighted by atomic mass is 19.1. The van der Waals surface area contributed by atoms with Gasteiger partial charge in [0.1, 0.15) is 23.3 Å². The van der Waals surface area contributed by atoms with Gasteiger partial charge in [0, 0.05) is 30.7 Å². The zero-order chi connectivity index (χ0) is 15.2. The van der Waals surface area contributed by atoms with Crippen LogP contribution in [0.15, 0.2) is 24.3 Å². The van der Waals surface area contributed by atoms with Gasteiger partial charge in [-0.3, -0.25) is 0 Å². The second-order valence-electron chi connectivity index (χ2n) is 4.89. The molecule has 2 aromatic rings. The summed E-state index contributed by atoms with van der Waals surface area (Å²) in [4.78, 5) is 8.82. The molecule has 1 N–H and O–H groups in total. The van der Waals surface area contributed by atoms with E-state index >= 15 is 0 Å². The standard InChI is InChI=1S/C16H19F2N3/c1-3-5-15-20-14(10-16(21-15)19-6-4-2)11-7-12(17)9-13(18)8-11/h7-10H,3-6H2,1-2H3,(H,19,20,21). The predicted molar refractivity (Wildman–Crippen MR) is 80.2 cm³/mol. The van der Waals surface area contributed by atoms with Crippen molar-refractivity contribution < 1.29 is 8.78 Å². The first-order valence-electron chi connectivity index (χ1n) is 7.20. The number of rotatable bonds is 6. The molecular weight excluding hydrogens is 272 g/mol. The maximum Gasteiger partial charge on any atom is 0.131 e. The summed E-state index contributed by atoms with van der Waals surface area (Å²) in [7, 11) is 0. The van der Waals surface area contributed by atoms with E-state index in [0.717, 1.165) is 31.9 Å². The first kappa shape index (κ1) is 15.4. The van der Waals surface area contributed by atoms with Gasteiger partial charge in [0.25, 0.3) is 0 Å². The number of aryl methyl sites for hydroxylation is 1. The highest BCUT2D eigenvalue weighted by Gasteiger charge is 2.09. The van der Waals surface area contributed by atoms with Crippen LogP contribution in [-0.2, 0) is 6.42 Å². The molecule has 0 aliphatic rings. The molecule has 0 aliphatic heterocycles. The van der Waals surface area contributed by atoms with Gasteiger partial charge < -0.3 is 5.32 Å². The lowest BCUT2D eigenvalue weighted by molar-refractivity contribution is 0.584. The van der Waals surface area contributed by atoms with Crippen LogP contribution in [-0.4, -0.2) is 16.5 Å². The Hall–Kier alpha value is -2.04. The smallest absolute Gasteiger partial charge is 0.131 e. The van der Waals surface area contributed by atoms with Gasteiger partial charge in [0.15, 0.2) is 0 Å². The van der Waals surface area contributed by atoms with Gasteiger partial charge in [-0.15, -0.1) is 0 Å². The summed E-state index contributed by atoms with van der Waals surface area (Å²) >= 11 is 0. The predicted octanol–water partition coefficient (Wildman–Crippen LogP) is 4.20. The average molecular weight is 291 g/mol. The van der Waals surface area contributed by atoms with Crippen LogP contribution in [0.2, 0.25) is 0 Å². The fourth-order valence-corrected chi connectivity index (χ4v) is 2.03. The van der Waals surface area contributed by atoms with Gasteiger partial charge in [-0.2, -0.15) is 0 Å². The molecule has 0 amide bonds. The third-order valence-corrected chi connectivity index (χ3v) is 2.96. The van der Waals surface area contributed by atoms with Crippen molar-refractivity contribution in [2.45, 2.75) is 33.1 Å². The van der Waals surface area contributed by atoms with Crippen molar-refractivity contribution in [3.63, 3.8) is 0 Å². The summed E-state index contributed by atoms with van der Waals surface area (Å²) < 4.78 is 26.7. The molecule has 5 heteroatoms. The Morgan fingerprint density at radius 2 is 1.67 bits per heavy atom. The van der Waals surface area contributed by atoms with E-state index in [0.29, 0.717) is 22.9 Å². The molecule has 0 spiro atoms. The Labute approximate surface area is 123 Å². The largest absolute Gasteiger partial charge is 0.370 e. The molecule has 0 fully saturated rings. The molecule has 3 nitrogen and oxygen atoms in total. The second-order valence-corrected chi connectivity index (χ2v) is 4.89. The van der Waals surface area contributed by atoms with Gasteiger partial charge >= 0.3 is 0 Å². The molecule has 0 saturated heterocycles. The Bertz CT molecular complexity index is 594. The minimum atomic E-state index is -0.608. The van der Waals surface area contributed by atoms with Gasteiger partial charge in [0.05, 0.1) is 5.69 Å². The van der Waals surface area contributed by atoms with Crippen LogP contribution in [0.5, 0.6) is 0 Å². The molecule has 0 unspecified atom stereocenters. The number of benzene rings is 1. The van der Waals surface area contributed by atoms with Crippen LogP contribution < -0.4 is 5.32 Å². The van der Waals surface area contributed by atoms with Gasteiger partial charge in [-0.1, -0.05) is 13.8 Å². The minimum absolute atomic E-state index is 0.423. The van der Waals surface area contributed by atoms with Crippen LogP contribution in [0.4, 0.5) is 14.6 Å². The van der Waals surface area contributed by atoms with E-state index in [9.17, 15) is 8.78 Å². The van der Waals surface area contributed by atoms with Gasteiger partial charge in [0.2, 0.25) is 0 Å². The number of anilines is 1. The zero-order valence-electron chi connectivity index (χ0n) is 12.3. The molecule has 2 rings (SSSR count). The number of halogens is 2. The third-order valence-electron chi connectivity index (χ3n) is 2.96. The zero-order valence-corrected chi connectivity index (χ0v) is 12.3. The molecule has 1 aromatic heterocycles. The molecule has 0 radical (unpaired) electrons. The number of aromatic nitrogens is 2. The molecule has 0 atom stereocenters. The van der Waals surface area contributed by atoms with Crippen LogP contribution in [0.25, 0.3) is 11.3 Å². The van der Waals surface area contributed by atoms with Crippen LogP contribution in [0, 0.1) is 11.6 Å². The van der Waals surface area contributed by atoms with Crippen LogP contribution in [0.1, 0.15) is 32.5 Å². The minimum Gasteiger partial charge on any atom is -0.370 e. The lowest BCUT2D eigenvalue weighted by Gasteiger charge is -2.09. The van der Waals surface area contributed by atoms with E-state index in [-0.39, 0.29) is 0 Å². The number of hydrogen-bond acceptors (Lipinski definition) is 3. The van der Waals surface area contributed by atoms with E-state index in [4.69, 9.17) is 0 Å². The number of nitrogens with zero attached hydrogens (tertiary/aromatic N) is 2. The van der Waals surface area contributed by atoms with Crippen LogP contribution in [0.3, 0.4) is 0 Å². The Morgan fingerprint density at radius 3 is 2.29 bits per heavy atom. The average Bonchev–Trinajstić information content (AvgIpc) is 2.44. The molecule has 0 saturated carbocycles. The van der Waals surface area contributed by atoms with Crippen molar-refractivity contribution in [3.8, 4) is 11.3 Å². The first-order chi connectivity index (χ1) is 10.1. The van der Waals surface area contributed by atoms with Crippen molar-refractivity contribution in [1.29, 1.82) is 0 Å². The fraction of sp³-hybridized carbons (Fsp3) is 0.375. The molecule has 1 heterocycles.